The van der Waals surface area contributed by atoms with Gasteiger partial charge in [-0.25, -0.2) is 18.5 Å². The van der Waals surface area contributed by atoms with Gasteiger partial charge in [0.25, 0.3) is 0 Å². The standard InChI is InChI=1S/C11H16N3O14P3/c1-2-11(17)6(5-25-30(21,22)28-31(23,24)27-29(18,19)20)26-9(8(11)15)14-4-3-7(12)13-10(14)16/h1,3-4,6,8-9,15,17H,5H2,(H,21,22)(H,23,24)(H2,12,13,16)(H2,18,19,20)/t6-,8+,9-,11-/m1/s1. The van der Waals surface area contributed by atoms with Crippen LogP contribution in [0.4, 0.5) is 5.82 Å². The van der Waals surface area contributed by atoms with Gasteiger partial charge in [-0.15, -0.1) is 6.42 Å². The highest BCUT2D eigenvalue weighted by Crippen LogP contribution is 2.66. The average Bonchev–Trinajstić information content (AvgIpc) is 2.82. The third-order valence-corrected chi connectivity index (χ3v) is 7.48. The smallest absolute Gasteiger partial charge is 0.384 e. The van der Waals surface area contributed by atoms with Gasteiger partial charge in [0.1, 0.15) is 18.0 Å². The lowest BCUT2D eigenvalue weighted by atomic mass is 9.93. The summed E-state index contributed by atoms with van der Waals surface area (Å²) in [4.78, 5) is 50.9. The van der Waals surface area contributed by atoms with E-state index in [1.165, 1.54) is 0 Å². The number of aliphatic hydroxyl groups excluding tert-OH is 1. The monoisotopic (exact) mass is 507 g/mol. The molecule has 1 saturated heterocycles. The first kappa shape index (κ1) is 25.8. The molecule has 174 valence electrons. The molecule has 0 radical (unpaired) electrons. The first-order valence-corrected chi connectivity index (χ1v) is 12.2. The molecule has 8 N–H and O–H groups in total. The minimum Gasteiger partial charge on any atom is -0.384 e. The highest BCUT2D eigenvalue weighted by molar-refractivity contribution is 7.66. The van der Waals surface area contributed by atoms with Crippen LogP contribution in [0.1, 0.15) is 6.23 Å². The first-order chi connectivity index (χ1) is 14.0. The van der Waals surface area contributed by atoms with Crippen LogP contribution in [-0.2, 0) is 31.6 Å². The summed E-state index contributed by atoms with van der Waals surface area (Å²) in [7, 11) is -16.9. The summed E-state index contributed by atoms with van der Waals surface area (Å²) < 4.78 is 51.1. The van der Waals surface area contributed by atoms with E-state index in [1.54, 1.807) is 5.92 Å². The van der Waals surface area contributed by atoms with Crippen molar-refractivity contribution in [1.29, 1.82) is 0 Å². The van der Waals surface area contributed by atoms with Gasteiger partial charge >= 0.3 is 29.2 Å². The van der Waals surface area contributed by atoms with E-state index in [1.807, 2.05) is 0 Å². The molecule has 0 spiro atoms. The number of aromatic nitrogens is 2. The van der Waals surface area contributed by atoms with Gasteiger partial charge in [-0.05, 0) is 6.07 Å². The summed E-state index contributed by atoms with van der Waals surface area (Å²) >= 11 is 0. The zero-order valence-corrected chi connectivity index (χ0v) is 17.6. The van der Waals surface area contributed by atoms with E-state index in [0.717, 1.165) is 12.3 Å². The number of aliphatic hydroxyl groups is 2. The van der Waals surface area contributed by atoms with Crippen molar-refractivity contribution in [1.82, 2.24) is 9.55 Å². The van der Waals surface area contributed by atoms with Crippen molar-refractivity contribution in [3.8, 4) is 12.3 Å². The Morgan fingerprint density at radius 1 is 1.26 bits per heavy atom. The van der Waals surface area contributed by atoms with Gasteiger partial charge in [-0.2, -0.15) is 13.6 Å². The van der Waals surface area contributed by atoms with E-state index in [2.05, 4.69) is 18.1 Å². The predicted octanol–water partition coefficient (Wildman–Crippen LogP) is -2.21. The van der Waals surface area contributed by atoms with Crippen LogP contribution in [0.3, 0.4) is 0 Å². The van der Waals surface area contributed by atoms with E-state index >= 15 is 0 Å². The molecular weight excluding hydrogens is 491 g/mol. The van der Waals surface area contributed by atoms with Crippen molar-refractivity contribution in [2.45, 2.75) is 24.0 Å². The number of nitrogens with zero attached hydrogens (tertiary/aromatic N) is 2. The molecule has 0 aromatic carbocycles. The largest absolute Gasteiger partial charge is 0.490 e. The van der Waals surface area contributed by atoms with Crippen molar-refractivity contribution in [2.75, 3.05) is 12.3 Å². The lowest BCUT2D eigenvalue weighted by Crippen LogP contribution is -2.48. The Morgan fingerprint density at radius 2 is 1.87 bits per heavy atom. The second kappa shape index (κ2) is 8.81. The number of hydrogen-bond donors (Lipinski definition) is 7. The minimum absolute atomic E-state index is 0.162. The van der Waals surface area contributed by atoms with Crippen LogP contribution < -0.4 is 11.4 Å². The Kier molecular flexibility index (Phi) is 7.33. The molecule has 0 amide bonds. The fourth-order valence-electron chi connectivity index (χ4n) is 2.40. The second-order valence-electron chi connectivity index (χ2n) is 5.86. The Labute approximate surface area is 172 Å². The zero-order chi connectivity index (χ0) is 23.8. The number of anilines is 1. The molecule has 31 heavy (non-hydrogen) atoms. The van der Waals surface area contributed by atoms with Gasteiger partial charge in [0.05, 0.1) is 6.61 Å². The van der Waals surface area contributed by atoms with Crippen molar-refractivity contribution >= 4 is 29.3 Å². The maximum Gasteiger partial charge on any atom is 0.490 e. The lowest BCUT2D eigenvalue weighted by Gasteiger charge is -2.25. The molecule has 1 aromatic rings. The number of nitrogen functional groups attached to an aromatic ring is 1. The van der Waals surface area contributed by atoms with Gasteiger partial charge < -0.3 is 40.3 Å². The summed E-state index contributed by atoms with van der Waals surface area (Å²) in [5.41, 5.74) is 1.74. The van der Waals surface area contributed by atoms with E-state index in [9.17, 15) is 33.6 Å². The molecule has 0 saturated carbocycles. The molecule has 0 aliphatic carbocycles. The van der Waals surface area contributed by atoms with Gasteiger partial charge in [0.15, 0.2) is 11.8 Å². The lowest BCUT2D eigenvalue weighted by molar-refractivity contribution is -0.0611. The minimum atomic E-state index is -5.78. The van der Waals surface area contributed by atoms with Gasteiger partial charge in [0, 0.05) is 6.20 Å². The second-order valence-corrected chi connectivity index (χ2v) is 10.3. The zero-order valence-electron chi connectivity index (χ0n) is 14.9. The fourth-order valence-corrected chi connectivity index (χ4v) is 5.42. The van der Waals surface area contributed by atoms with E-state index in [-0.39, 0.29) is 5.82 Å². The van der Waals surface area contributed by atoms with Crippen LogP contribution in [0.2, 0.25) is 0 Å². The van der Waals surface area contributed by atoms with Crippen LogP contribution in [0.5, 0.6) is 0 Å². The van der Waals surface area contributed by atoms with Crippen molar-refractivity contribution in [3.63, 3.8) is 0 Å². The van der Waals surface area contributed by atoms with E-state index in [4.69, 9.17) is 31.6 Å². The SMILES string of the molecule is C#C[C@@]1(O)[C@@H](COP(=O)(O)OP(=O)(O)OP(=O)(O)O)O[C@@H](n2ccc(N)nc2=O)[C@@H]1O. The van der Waals surface area contributed by atoms with E-state index < -0.39 is 59.8 Å². The normalized spacial score (nSPS) is 30.3. The van der Waals surface area contributed by atoms with Crippen LogP contribution in [0.25, 0.3) is 0 Å². The Bertz CT molecular complexity index is 1080. The highest BCUT2D eigenvalue weighted by atomic mass is 31.3. The maximum atomic E-state index is 11.9. The Morgan fingerprint density at radius 3 is 2.39 bits per heavy atom. The molecule has 1 fully saturated rings. The summed E-state index contributed by atoms with van der Waals surface area (Å²) in [6.45, 7) is -1.17. The van der Waals surface area contributed by atoms with Gasteiger partial charge in [0.2, 0.25) is 0 Å². The van der Waals surface area contributed by atoms with E-state index in [0.29, 0.717) is 4.57 Å². The van der Waals surface area contributed by atoms with Gasteiger partial charge in [-0.1, -0.05) is 5.92 Å². The Hall–Kier alpha value is -1.47. The molecule has 1 aromatic heterocycles. The van der Waals surface area contributed by atoms with Crippen molar-refractivity contribution < 1.29 is 61.4 Å². The summed E-state index contributed by atoms with van der Waals surface area (Å²) in [6, 6.07) is 1.16. The quantitative estimate of drug-likeness (QED) is 0.145. The first-order valence-electron chi connectivity index (χ1n) is 7.66. The predicted molar refractivity (Wildman–Crippen MR) is 96.4 cm³/mol. The fraction of sp³-hybridized carbons (Fsp3) is 0.455. The third kappa shape index (κ3) is 6.28. The molecule has 20 heteroatoms. The highest BCUT2D eigenvalue weighted by Gasteiger charge is 2.56. The van der Waals surface area contributed by atoms with Crippen LogP contribution in [0.15, 0.2) is 17.1 Å². The number of phosphoric ester groups is 1. The van der Waals surface area contributed by atoms with Crippen molar-refractivity contribution in [3.05, 3.63) is 22.7 Å². The molecule has 2 heterocycles. The number of rotatable bonds is 8. The molecule has 2 rings (SSSR count). The summed E-state index contributed by atoms with van der Waals surface area (Å²) in [5, 5.41) is 20.8. The molecule has 1 aliphatic rings. The molecule has 0 bridgehead atoms. The number of hydrogen-bond acceptors (Lipinski definition) is 12. The van der Waals surface area contributed by atoms with Gasteiger partial charge in [-0.3, -0.25) is 9.09 Å². The van der Waals surface area contributed by atoms with Crippen LogP contribution in [0, 0.1) is 12.3 Å². The van der Waals surface area contributed by atoms with Crippen LogP contribution >= 0.6 is 23.5 Å². The van der Waals surface area contributed by atoms with Crippen molar-refractivity contribution in [2.24, 2.45) is 0 Å². The number of nitrogens with two attached hydrogens (primary N) is 1. The molecule has 2 unspecified atom stereocenters. The molecule has 1 aliphatic heterocycles. The number of ether oxygens (including phenoxy) is 1. The Balaban J connectivity index is 2.19. The number of terminal acetylenes is 1. The molecule has 6 atom stereocenters. The number of phosphoric acid groups is 3. The average molecular weight is 507 g/mol. The van der Waals surface area contributed by atoms with Crippen LogP contribution in [-0.4, -0.2) is 63.8 Å². The third-order valence-electron chi connectivity index (χ3n) is 3.68. The summed E-state index contributed by atoms with van der Waals surface area (Å²) in [6.07, 6.45) is 0.785. The maximum absolute atomic E-state index is 11.9. The topological polar surface area (TPSA) is 270 Å². The summed E-state index contributed by atoms with van der Waals surface area (Å²) in [5.74, 6) is 1.62. The molecular formula is C11H16N3O14P3. The molecule has 17 nitrogen and oxygen atoms in total.